The second-order valence-corrected chi connectivity index (χ2v) is 6.26. The van der Waals surface area contributed by atoms with E-state index in [1.54, 1.807) is 24.3 Å². The number of hydrogen-bond acceptors (Lipinski definition) is 7. The number of nitrogens with one attached hydrogen (secondary N) is 1. The van der Waals surface area contributed by atoms with Gasteiger partial charge < -0.3 is 16.0 Å². The Morgan fingerprint density at radius 1 is 1.38 bits per heavy atom. The largest absolute Gasteiger partial charge is 0.355 e. The van der Waals surface area contributed by atoms with Crippen molar-refractivity contribution >= 4 is 15.9 Å². The highest BCUT2D eigenvalue weighted by Crippen LogP contribution is 2.14. The minimum atomic E-state index is -3.80. The normalized spacial score (nSPS) is 17.8. The number of Topliss-reactive ketones (excluding diaryl/α,β-unsaturated/α-hetero) is 1. The lowest BCUT2D eigenvalue weighted by Crippen LogP contribution is -2.44. The first kappa shape index (κ1) is 15.5. The van der Waals surface area contributed by atoms with Gasteiger partial charge in [0.05, 0.1) is 13.7 Å². The van der Waals surface area contributed by atoms with Crippen LogP contribution >= 0.6 is 0 Å². The van der Waals surface area contributed by atoms with Crippen LogP contribution in [0, 0.1) is 0 Å². The molecular weight excluding hydrogens is 294 g/mol. The number of ketones is 1. The first-order chi connectivity index (χ1) is 9.97. The lowest BCUT2D eigenvalue weighted by molar-refractivity contribution is 0.0950. The van der Waals surface area contributed by atoms with E-state index in [9.17, 15) is 13.2 Å². The van der Waals surface area contributed by atoms with Gasteiger partial charge in [-0.1, -0.05) is 24.3 Å². The summed E-state index contributed by atoms with van der Waals surface area (Å²) in [5.74, 6) is -0.191. The monoisotopic (exact) mass is 311 g/mol. The first-order valence-corrected chi connectivity index (χ1v) is 7.75. The Morgan fingerprint density at radius 3 is 2.62 bits per heavy atom. The minimum absolute atomic E-state index is 0.0707. The van der Waals surface area contributed by atoms with E-state index in [2.05, 4.69) is 9.50 Å². The van der Waals surface area contributed by atoms with E-state index in [4.69, 9.17) is 5.73 Å². The highest BCUT2D eigenvalue weighted by Gasteiger charge is 2.33. The van der Waals surface area contributed by atoms with Gasteiger partial charge in [0.15, 0.2) is 5.78 Å². The fourth-order valence-electron chi connectivity index (χ4n) is 1.95. The van der Waals surface area contributed by atoms with E-state index in [1.807, 2.05) is 0 Å². The third kappa shape index (κ3) is 3.41. The molecule has 114 valence electrons. The summed E-state index contributed by atoms with van der Waals surface area (Å²) in [5, 5.41) is 2.64. The van der Waals surface area contributed by atoms with Gasteiger partial charge in [0.1, 0.15) is 0 Å². The predicted molar refractivity (Wildman–Crippen MR) is 77.4 cm³/mol. The third-order valence-corrected chi connectivity index (χ3v) is 4.57. The number of nitrogens with two attached hydrogens (primary N) is 1. The van der Waals surface area contributed by atoms with Crippen LogP contribution in [0.4, 0.5) is 0 Å². The summed E-state index contributed by atoms with van der Waals surface area (Å²) < 4.78 is 27.9. The Hall–Kier alpha value is -1.90. The van der Waals surface area contributed by atoms with Crippen LogP contribution in [0.5, 0.6) is 0 Å². The molecule has 1 unspecified atom stereocenters. The zero-order chi connectivity index (χ0) is 15.5. The lowest BCUT2D eigenvalue weighted by Gasteiger charge is -2.23. The smallest absolute Gasteiger partial charge is 0.308 e. The number of nitrogens with zero attached hydrogens (tertiary/aromatic N) is 1. The van der Waals surface area contributed by atoms with E-state index in [0.717, 1.165) is 12.7 Å². The third-order valence-electron chi connectivity index (χ3n) is 3.15. The minimum Gasteiger partial charge on any atom is -0.355 e. The van der Waals surface area contributed by atoms with Crippen molar-refractivity contribution in [3.63, 3.8) is 0 Å². The topological polar surface area (TPSA) is 102 Å². The van der Waals surface area contributed by atoms with Crippen LogP contribution in [0.1, 0.15) is 15.9 Å². The molecule has 0 aromatic heterocycles. The number of rotatable bonds is 6. The number of benzene rings is 1. The van der Waals surface area contributed by atoms with Crippen molar-refractivity contribution in [1.29, 1.82) is 0 Å². The summed E-state index contributed by atoms with van der Waals surface area (Å²) in [6.45, 7) is 0.333. The summed E-state index contributed by atoms with van der Waals surface area (Å²) in [6, 6.07) is 6.90. The van der Waals surface area contributed by atoms with Crippen molar-refractivity contribution in [3.8, 4) is 0 Å². The molecule has 7 nitrogen and oxygen atoms in total. The van der Waals surface area contributed by atoms with Crippen LogP contribution in [0.15, 0.2) is 36.7 Å². The Morgan fingerprint density at radius 2 is 2.05 bits per heavy atom. The average molecular weight is 311 g/mol. The summed E-state index contributed by atoms with van der Waals surface area (Å²) in [7, 11) is -2.72. The molecule has 0 bridgehead atoms. The molecule has 0 amide bonds. The van der Waals surface area contributed by atoms with Gasteiger partial charge in [0, 0.05) is 24.5 Å². The van der Waals surface area contributed by atoms with Crippen LogP contribution in [-0.2, 0) is 20.8 Å². The molecule has 1 aliphatic rings. The summed E-state index contributed by atoms with van der Waals surface area (Å²) in [4.78, 5) is 13.6. The molecule has 3 N–H and O–H groups in total. The molecule has 0 saturated heterocycles. The predicted octanol–water partition coefficient (Wildman–Crippen LogP) is -0.0358. The molecule has 1 atom stereocenters. The maximum atomic E-state index is 12.2. The van der Waals surface area contributed by atoms with Crippen LogP contribution < -0.4 is 11.1 Å². The second-order valence-electron chi connectivity index (χ2n) is 4.49. The summed E-state index contributed by atoms with van der Waals surface area (Å²) in [5.41, 5.74) is 5.84. The zero-order valence-corrected chi connectivity index (χ0v) is 12.3. The fraction of sp³-hybridized carbons (Fsp3) is 0.308. The van der Waals surface area contributed by atoms with E-state index in [0.29, 0.717) is 12.1 Å². The molecule has 0 radical (unpaired) electrons. The molecule has 1 aromatic rings. The number of carbonyl (C=O) groups is 1. The molecule has 0 spiro atoms. The first-order valence-electron chi connectivity index (χ1n) is 6.28. The van der Waals surface area contributed by atoms with E-state index >= 15 is 0 Å². The average Bonchev–Trinajstić information content (AvgIpc) is 2.96. The molecule has 0 aliphatic carbocycles. The highest BCUT2D eigenvalue weighted by atomic mass is 32.2. The Balaban J connectivity index is 2.09. The van der Waals surface area contributed by atoms with Gasteiger partial charge in [0.2, 0.25) is 5.50 Å². The SMILES string of the molecule is COS(=O)(=O)C1NC=CN1CC(=O)c1ccc(CN)cc1. The second kappa shape index (κ2) is 6.25. The van der Waals surface area contributed by atoms with E-state index in [-0.39, 0.29) is 12.3 Å². The maximum Gasteiger partial charge on any atom is 0.308 e. The van der Waals surface area contributed by atoms with E-state index < -0.39 is 15.6 Å². The quantitative estimate of drug-likeness (QED) is 0.561. The van der Waals surface area contributed by atoms with Crippen LogP contribution in [-0.4, -0.2) is 38.3 Å². The van der Waals surface area contributed by atoms with Gasteiger partial charge in [-0.3, -0.25) is 8.98 Å². The zero-order valence-electron chi connectivity index (χ0n) is 11.5. The number of hydrogen-bond donors (Lipinski definition) is 2. The van der Waals surface area contributed by atoms with Crippen LogP contribution in [0.3, 0.4) is 0 Å². The van der Waals surface area contributed by atoms with Crippen molar-refractivity contribution in [2.75, 3.05) is 13.7 Å². The van der Waals surface area contributed by atoms with Crippen molar-refractivity contribution in [1.82, 2.24) is 10.2 Å². The fourth-order valence-corrected chi connectivity index (χ4v) is 2.86. The molecule has 1 aliphatic heterocycles. The highest BCUT2D eigenvalue weighted by molar-refractivity contribution is 7.87. The molecule has 21 heavy (non-hydrogen) atoms. The lowest BCUT2D eigenvalue weighted by atomic mass is 10.1. The van der Waals surface area contributed by atoms with Crippen molar-refractivity contribution in [3.05, 3.63) is 47.8 Å². The van der Waals surface area contributed by atoms with Gasteiger partial charge >= 0.3 is 10.1 Å². The molecule has 0 fully saturated rings. The molecule has 2 rings (SSSR count). The van der Waals surface area contributed by atoms with Crippen molar-refractivity contribution in [2.45, 2.75) is 12.0 Å². The Kier molecular flexibility index (Phi) is 4.61. The van der Waals surface area contributed by atoms with Crippen LogP contribution in [0.25, 0.3) is 0 Å². The molecule has 1 aromatic carbocycles. The molecule has 8 heteroatoms. The van der Waals surface area contributed by atoms with Crippen molar-refractivity contribution < 1.29 is 17.4 Å². The molecule has 1 heterocycles. The standard InChI is InChI=1S/C13H17N3O4S/c1-20-21(18,19)13-15-6-7-16(13)9-12(17)11-4-2-10(8-14)3-5-11/h2-7,13,15H,8-9,14H2,1H3. The Bertz CT molecular complexity index is 640. The van der Waals surface area contributed by atoms with Crippen LogP contribution in [0.2, 0.25) is 0 Å². The van der Waals surface area contributed by atoms with Gasteiger partial charge in [-0.05, 0) is 5.56 Å². The summed E-state index contributed by atoms with van der Waals surface area (Å²) in [6.07, 6.45) is 2.97. The van der Waals surface area contributed by atoms with Gasteiger partial charge in [-0.2, -0.15) is 8.42 Å². The molecular formula is C13H17N3O4S. The maximum absolute atomic E-state index is 12.2. The summed E-state index contributed by atoms with van der Waals surface area (Å²) >= 11 is 0. The van der Waals surface area contributed by atoms with Gasteiger partial charge in [-0.25, -0.2) is 0 Å². The molecule has 0 saturated carbocycles. The number of carbonyl (C=O) groups excluding carboxylic acids is 1. The van der Waals surface area contributed by atoms with E-state index in [1.165, 1.54) is 17.3 Å². The van der Waals surface area contributed by atoms with Gasteiger partial charge in [0.25, 0.3) is 0 Å². The Labute approximate surface area is 123 Å². The van der Waals surface area contributed by atoms with Gasteiger partial charge in [-0.15, -0.1) is 0 Å². The van der Waals surface area contributed by atoms with Crippen molar-refractivity contribution in [2.24, 2.45) is 5.73 Å².